The zero-order valence-corrected chi connectivity index (χ0v) is 34.7. The monoisotopic (exact) mass is 824 g/mol. The molecule has 8 N–H and O–H groups in total. The van der Waals surface area contributed by atoms with Crippen molar-refractivity contribution in [2.45, 2.75) is 116 Å². The van der Waals surface area contributed by atoms with Crippen LogP contribution in [0.5, 0.6) is 11.5 Å². The molecule has 2 aromatic carbocycles. The zero-order valence-electron chi connectivity index (χ0n) is 34.7. The first-order valence-electron chi connectivity index (χ1n) is 20.0. The Kier molecular flexibility index (Phi) is 18.1. The number of phenolic OH excluding ortho intramolecular Hbond substituents is 2. The molecular formula is C42H60N6O11. The quantitative estimate of drug-likeness (QED) is 0.101. The summed E-state index contributed by atoms with van der Waals surface area (Å²) in [5, 5.41) is 51.1. The molecule has 4 bridgehead atoms. The molecule has 1 heterocycles. The molecule has 17 heteroatoms. The van der Waals surface area contributed by atoms with E-state index < -0.39 is 78.9 Å². The Bertz CT molecular complexity index is 1840. The molecule has 0 unspecified atom stereocenters. The third-order valence-corrected chi connectivity index (χ3v) is 10.4. The Morgan fingerprint density at radius 2 is 1.42 bits per heavy atom. The van der Waals surface area contributed by atoms with Crippen LogP contribution in [-0.2, 0) is 40.0 Å². The second-order valence-electron chi connectivity index (χ2n) is 15.6. The van der Waals surface area contributed by atoms with Crippen LogP contribution in [0, 0.1) is 5.92 Å². The van der Waals surface area contributed by atoms with E-state index >= 15 is 0 Å². The fourth-order valence-corrected chi connectivity index (χ4v) is 6.73. The molecule has 0 aliphatic carbocycles. The number of fused-ring (bicyclic) bond motifs is 5. The molecule has 0 saturated heterocycles. The van der Waals surface area contributed by atoms with E-state index in [0.717, 1.165) is 35.5 Å². The van der Waals surface area contributed by atoms with Crippen molar-refractivity contribution in [3.8, 4) is 22.6 Å². The maximum absolute atomic E-state index is 13.8. The lowest BCUT2D eigenvalue weighted by Gasteiger charge is -2.30. The number of aromatic hydroxyl groups is 2. The average molecular weight is 825 g/mol. The van der Waals surface area contributed by atoms with Crippen LogP contribution in [0.15, 0.2) is 36.4 Å². The molecule has 3 rings (SSSR count). The van der Waals surface area contributed by atoms with Gasteiger partial charge < -0.3 is 51.5 Å². The highest BCUT2D eigenvalue weighted by Crippen LogP contribution is 2.38. The van der Waals surface area contributed by atoms with Crippen LogP contribution in [0.2, 0.25) is 0 Å². The first kappa shape index (κ1) is 47.7. The summed E-state index contributed by atoms with van der Waals surface area (Å²) in [5.74, 6) is -5.58. The zero-order chi connectivity index (χ0) is 44.0. The molecule has 324 valence electrons. The predicted molar refractivity (Wildman–Crippen MR) is 218 cm³/mol. The van der Waals surface area contributed by atoms with Crippen molar-refractivity contribution >= 4 is 41.4 Å². The van der Waals surface area contributed by atoms with Crippen molar-refractivity contribution in [1.29, 1.82) is 0 Å². The number of aliphatic hydroxyl groups excluding tert-OH is 1. The third kappa shape index (κ3) is 13.7. The fraction of sp³-hybridized carbons (Fsp3) is 0.548. The maximum atomic E-state index is 13.8. The number of hydrogen-bond acceptors (Lipinski definition) is 10. The molecule has 59 heavy (non-hydrogen) atoms. The lowest BCUT2D eigenvalue weighted by molar-refractivity contribution is -0.143. The van der Waals surface area contributed by atoms with Crippen LogP contribution >= 0.6 is 0 Å². The van der Waals surface area contributed by atoms with Crippen molar-refractivity contribution in [1.82, 2.24) is 31.1 Å². The molecule has 17 nitrogen and oxygen atoms in total. The maximum Gasteiger partial charge on any atom is 0.326 e. The number of aliphatic carboxylic acids is 1. The summed E-state index contributed by atoms with van der Waals surface area (Å²) in [4.78, 5) is 93.7. The number of carbonyl (C=O) groups is 7. The largest absolute Gasteiger partial charge is 0.507 e. The minimum absolute atomic E-state index is 0.0656. The molecule has 1 aliphatic heterocycles. The molecular weight excluding hydrogens is 764 g/mol. The molecule has 6 amide bonds. The highest BCUT2D eigenvalue weighted by Gasteiger charge is 2.34. The number of carboxylic acids is 1. The van der Waals surface area contributed by atoms with Crippen molar-refractivity contribution < 1.29 is 54.0 Å². The van der Waals surface area contributed by atoms with Gasteiger partial charge in [-0.25, -0.2) is 4.79 Å². The molecule has 2 aromatic rings. The topological polar surface area (TPSA) is 255 Å². The van der Waals surface area contributed by atoms with Crippen LogP contribution < -0.4 is 21.3 Å². The number of rotatable bonds is 18. The Morgan fingerprint density at radius 3 is 2.05 bits per heavy atom. The van der Waals surface area contributed by atoms with E-state index in [1.807, 2.05) is 0 Å². The molecule has 0 saturated carbocycles. The van der Waals surface area contributed by atoms with Crippen LogP contribution in [0.1, 0.15) is 96.2 Å². The molecule has 0 aromatic heterocycles. The van der Waals surface area contributed by atoms with E-state index in [1.54, 1.807) is 0 Å². The first-order chi connectivity index (χ1) is 27.9. The van der Waals surface area contributed by atoms with E-state index in [-0.39, 0.29) is 46.9 Å². The number of unbranched alkanes of at least 4 members (excludes halogenated alkanes) is 5. The molecule has 0 spiro atoms. The summed E-state index contributed by atoms with van der Waals surface area (Å²) < 4.78 is 0. The summed E-state index contributed by atoms with van der Waals surface area (Å²) in [6, 6.07) is 1.62. The number of hydrogen-bond donors (Lipinski definition) is 8. The van der Waals surface area contributed by atoms with Gasteiger partial charge in [-0.2, -0.15) is 0 Å². The minimum Gasteiger partial charge on any atom is -0.507 e. The van der Waals surface area contributed by atoms with E-state index in [0.29, 0.717) is 17.9 Å². The van der Waals surface area contributed by atoms with E-state index in [1.165, 1.54) is 77.2 Å². The van der Waals surface area contributed by atoms with Crippen molar-refractivity contribution in [3.63, 3.8) is 0 Å². The number of likely N-dealkylation sites (N-methyl/N-ethyl adjacent to an activating group) is 2. The summed E-state index contributed by atoms with van der Waals surface area (Å²) in [7, 11) is 2.68. The normalized spacial score (nSPS) is 17.7. The number of benzene rings is 2. The minimum atomic E-state index is -1.47. The van der Waals surface area contributed by atoms with Gasteiger partial charge in [-0.15, -0.1) is 0 Å². The van der Waals surface area contributed by atoms with Gasteiger partial charge in [0.25, 0.3) is 0 Å². The van der Waals surface area contributed by atoms with Gasteiger partial charge in [0, 0.05) is 38.1 Å². The summed E-state index contributed by atoms with van der Waals surface area (Å²) in [6.45, 7) is 5.75. The van der Waals surface area contributed by atoms with Crippen molar-refractivity contribution in [3.05, 3.63) is 47.5 Å². The van der Waals surface area contributed by atoms with Crippen LogP contribution in [0.3, 0.4) is 0 Å². The number of carboxylic acid groups (broad SMARTS) is 1. The highest BCUT2D eigenvalue weighted by molar-refractivity contribution is 5.96. The lowest BCUT2D eigenvalue weighted by Crippen LogP contribution is -2.55. The molecule has 0 radical (unpaired) electrons. The van der Waals surface area contributed by atoms with Gasteiger partial charge in [0.1, 0.15) is 41.7 Å². The second-order valence-corrected chi connectivity index (χ2v) is 15.6. The first-order valence-corrected chi connectivity index (χ1v) is 20.0. The van der Waals surface area contributed by atoms with Gasteiger partial charge in [-0.1, -0.05) is 64.5 Å². The van der Waals surface area contributed by atoms with Crippen LogP contribution in [0.25, 0.3) is 11.1 Å². The lowest BCUT2D eigenvalue weighted by atomic mass is 9.94. The highest BCUT2D eigenvalue weighted by atomic mass is 16.4. The van der Waals surface area contributed by atoms with Gasteiger partial charge in [0.2, 0.25) is 35.4 Å². The molecule has 0 fully saturated rings. The van der Waals surface area contributed by atoms with Crippen LogP contribution in [-0.4, -0.2) is 123 Å². The number of carbonyl (C=O) groups excluding carboxylic acids is 6. The van der Waals surface area contributed by atoms with Crippen molar-refractivity contribution in [2.24, 2.45) is 5.92 Å². The number of nitrogens with zero attached hydrogens (tertiary/aromatic N) is 2. The van der Waals surface area contributed by atoms with Gasteiger partial charge in [-0.05, 0) is 61.6 Å². The number of amides is 6. The van der Waals surface area contributed by atoms with Crippen molar-refractivity contribution in [2.75, 3.05) is 27.2 Å². The van der Waals surface area contributed by atoms with Crippen LogP contribution in [0.4, 0.5) is 0 Å². The van der Waals surface area contributed by atoms with Gasteiger partial charge in [-0.3, -0.25) is 28.8 Å². The summed E-state index contributed by atoms with van der Waals surface area (Å²) in [5.41, 5.74) is 0.722. The molecule has 1 aliphatic rings. The summed E-state index contributed by atoms with van der Waals surface area (Å²) >= 11 is 0. The van der Waals surface area contributed by atoms with E-state index in [4.69, 9.17) is 0 Å². The fourth-order valence-electron chi connectivity index (χ4n) is 6.73. The van der Waals surface area contributed by atoms with Gasteiger partial charge >= 0.3 is 5.97 Å². The van der Waals surface area contributed by atoms with E-state index in [9.17, 15) is 54.0 Å². The number of aliphatic hydroxyl groups is 1. The Morgan fingerprint density at radius 1 is 0.814 bits per heavy atom. The third-order valence-electron chi connectivity index (χ3n) is 10.4. The Hall–Kier alpha value is -5.71. The summed E-state index contributed by atoms with van der Waals surface area (Å²) in [6.07, 6.45) is 7.16. The van der Waals surface area contributed by atoms with Gasteiger partial charge in [0.05, 0.1) is 13.2 Å². The SMILES string of the molecule is CC(C)CCCCCCCCC(=O)N(C)[C@H](CO)C(=O)N[C@@H](C)C(=O)NCC(=O)N(C)[C@@H]1C(=O)N[C@@H](C)C(=O)N[C@H](C(=O)O)Cc2ccc(O)c(c2)-c2cc1ccc2O. The Balaban J connectivity index is 1.70. The standard InChI is InChI=1S/C42H60N6O11/c1-24(2)13-11-9-7-8-10-12-14-35(52)47(5)32(23-49)40(56)44-25(3)38(54)43-22-36(53)48(6)37-28-16-18-34(51)30(21-28)29-19-27(15-17-33(29)50)20-31(42(58)59)46-39(55)26(4)45-41(37)57/h15-19,21,24-26,31-32,37,49-51H,7-14,20,22-23H2,1-6H3,(H,43,54)(H,44,56)(H,45,57)(H,46,55)(H,58,59)/t25-,26-,31-,32+,37-/m0/s1. The predicted octanol–water partition coefficient (Wildman–Crippen LogP) is 2.11. The average Bonchev–Trinajstić information content (AvgIpc) is 3.18. The second kappa shape index (κ2) is 22.4. The number of nitrogens with one attached hydrogen (secondary N) is 4. The van der Waals surface area contributed by atoms with Gasteiger partial charge in [0.15, 0.2) is 0 Å². The Labute approximate surface area is 344 Å². The smallest absolute Gasteiger partial charge is 0.326 e. The van der Waals surface area contributed by atoms with E-state index in [2.05, 4.69) is 35.1 Å². The molecule has 5 atom stereocenters. The number of phenols is 2.